The van der Waals surface area contributed by atoms with Gasteiger partial charge in [-0.15, -0.1) is 0 Å². The number of aromatic nitrogens is 7. The molecule has 9 heteroatoms. The summed E-state index contributed by atoms with van der Waals surface area (Å²) in [6.45, 7) is 2.27. The van der Waals surface area contributed by atoms with E-state index in [1.165, 1.54) is 0 Å². The summed E-state index contributed by atoms with van der Waals surface area (Å²) in [5.74, 6) is 1.95. The number of rotatable bonds is 4. The first kappa shape index (κ1) is 19.0. The van der Waals surface area contributed by atoms with Crippen molar-refractivity contribution in [1.82, 2.24) is 34.7 Å². The topological polar surface area (TPSA) is 117 Å². The van der Waals surface area contributed by atoms with Gasteiger partial charge in [0, 0.05) is 55.6 Å². The molecule has 0 spiro atoms. The predicted octanol–water partition coefficient (Wildman–Crippen LogP) is 2.73. The van der Waals surface area contributed by atoms with E-state index in [-0.39, 0.29) is 5.41 Å². The average Bonchev–Trinajstić information content (AvgIpc) is 3.57. The fraction of sp³-hybridized carbons (Fsp3) is 0.304. The maximum atomic E-state index is 6.38. The van der Waals surface area contributed by atoms with Gasteiger partial charge in [0.05, 0.1) is 22.6 Å². The minimum atomic E-state index is -0.188. The van der Waals surface area contributed by atoms with Crippen LogP contribution in [-0.2, 0) is 12.5 Å². The van der Waals surface area contributed by atoms with Gasteiger partial charge in [-0.25, -0.2) is 15.0 Å². The summed E-state index contributed by atoms with van der Waals surface area (Å²) in [6.07, 6.45) is 9.24. The van der Waals surface area contributed by atoms with E-state index in [0.717, 1.165) is 70.8 Å². The Balaban J connectivity index is 1.33. The SMILES string of the molecule is Cn1cc(-c2cccc3[nH]c(C4(CN)CCN(c5ncnc6[nH]ccc56)CC4)nc23)cn1. The highest BCUT2D eigenvalue weighted by molar-refractivity contribution is 5.92. The second-order valence-electron chi connectivity index (χ2n) is 8.60. The monoisotopic (exact) mass is 427 g/mol. The fourth-order valence-corrected chi connectivity index (χ4v) is 4.87. The molecule has 1 aliphatic heterocycles. The lowest BCUT2D eigenvalue weighted by atomic mass is 9.77. The molecule has 1 aliphatic rings. The molecule has 6 rings (SSSR count). The number of fused-ring (bicyclic) bond motifs is 2. The van der Waals surface area contributed by atoms with Crippen LogP contribution in [0.1, 0.15) is 18.7 Å². The molecule has 4 N–H and O–H groups in total. The van der Waals surface area contributed by atoms with Gasteiger partial charge in [-0.05, 0) is 25.0 Å². The van der Waals surface area contributed by atoms with E-state index < -0.39 is 0 Å². The molecule has 5 aromatic rings. The number of nitrogens with one attached hydrogen (secondary N) is 2. The van der Waals surface area contributed by atoms with Crippen LogP contribution in [0.25, 0.3) is 33.2 Å². The summed E-state index contributed by atoms with van der Waals surface area (Å²) in [7, 11) is 1.93. The summed E-state index contributed by atoms with van der Waals surface area (Å²) in [5, 5.41) is 5.37. The quantitative estimate of drug-likeness (QED) is 0.406. The Hall–Kier alpha value is -3.72. The maximum Gasteiger partial charge on any atom is 0.142 e. The Bertz CT molecular complexity index is 1400. The lowest BCUT2D eigenvalue weighted by molar-refractivity contribution is 0.324. The molecule has 1 saturated heterocycles. The summed E-state index contributed by atoms with van der Waals surface area (Å²) in [4.78, 5) is 23.0. The average molecular weight is 428 g/mol. The van der Waals surface area contributed by atoms with E-state index in [1.54, 1.807) is 6.33 Å². The smallest absolute Gasteiger partial charge is 0.142 e. The highest BCUT2D eigenvalue weighted by Gasteiger charge is 2.38. The number of H-pyrrole nitrogens is 2. The number of anilines is 1. The van der Waals surface area contributed by atoms with E-state index in [0.29, 0.717) is 6.54 Å². The summed E-state index contributed by atoms with van der Waals surface area (Å²) >= 11 is 0. The first-order valence-electron chi connectivity index (χ1n) is 10.9. The number of aromatic amines is 2. The number of hydrogen-bond donors (Lipinski definition) is 3. The van der Waals surface area contributed by atoms with Crippen LogP contribution in [-0.4, -0.2) is 54.3 Å². The molecule has 32 heavy (non-hydrogen) atoms. The number of nitrogens with zero attached hydrogens (tertiary/aromatic N) is 6. The Morgan fingerprint density at radius 2 is 2.03 bits per heavy atom. The van der Waals surface area contributed by atoms with Crippen LogP contribution in [0.4, 0.5) is 5.82 Å². The number of nitrogens with two attached hydrogens (primary N) is 1. The Labute approximate surface area is 184 Å². The van der Waals surface area contributed by atoms with Gasteiger partial charge in [0.25, 0.3) is 0 Å². The number of piperidine rings is 1. The zero-order chi connectivity index (χ0) is 21.7. The third kappa shape index (κ3) is 2.89. The van der Waals surface area contributed by atoms with E-state index >= 15 is 0 Å². The second kappa shape index (κ2) is 7.16. The molecule has 0 aliphatic carbocycles. The molecule has 0 amide bonds. The minimum Gasteiger partial charge on any atom is -0.356 e. The molecule has 0 bridgehead atoms. The first-order chi connectivity index (χ1) is 15.7. The van der Waals surface area contributed by atoms with Crippen molar-refractivity contribution in [3.8, 4) is 11.1 Å². The highest BCUT2D eigenvalue weighted by atomic mass is 15.2. The molecule has 162 valence electrons. The van der Waals surface area contributed by atoms with Gasteiger partial charge in [0.1, 0.15) is 23.6 Å². The van der Waals surface area contributed by atoms with Crippen LogP contribution in [0.5, 0.6) is 0 Å². The number of aryl methyl sites for hydroxylation is 1. The molecule has 0 saturated carbocycles. The van der Waals surface area contributed by atoms with Gasteiger partial charge in [0.2, 0.25) is 0 Å². The van der Waals surface area contributed by atoms with Crippen LogP contribution in [0.3, 0.4) is 0 Å². The van der Waals surface area contributed by atoms with Gasteiger partial charge in [-0.3, -0.25) is 4.68 Å². The summed E-state index contributed by atoms with van der Waals surface area (Å²) in [5.41, 5.74) is 11.2. The van der Waals surface area contributed by atoms with Crippen molar-refractivity contribution in [3.05, 3.63) is 55.0 Å². The molecule has 1 fully saturated rings. The second-order valence-corrected chi connectivity index (χ2v) is 8.60. The number of benzene rings is 1. The van der Waals surface area contributed by atoms with Crippen LogP contribution in [0.15, 0.2) is 49.2 Å². The molecule has 0 radical (unpaired) electrons. The Kier molecular flexibility index (Phi) is 4.25. The molecule has 9 nitrogen and oxygen atoms in total. The highest BCUT2D eigenvalue weighted by Crippen LogP contribution is 2.37. The molecular weight excluding hydrogens is 402 g/mol. The van der Waals surface area contributed by atoms with Gasteiger partial charge < -0.3 is 20.6 Å². The van der Waals surface area contributed by atoms with E-state index in [4.69, 9.17) is 10.7 Å². The van der Waals surface area contributed by atoms with Crippen LogP contribution < -0.4 is 10.6 Å². The van der Waals surface area contributed by atoms with Crippen LogP contribution >= 0.6 is 0 Å². The summed E-state index contributed by atoms with van der Waals surface area (Å²) < 4.78 is 1.81. The third-order valence-electron chi connectivity index (χ3n) is 6.77. The van der Waals surface area contributed by atoms with E-state index in [9.17, 15) is 0 Å². The van der Waals surface area contributed by atoms with Crippen molar-refractivity contribution in [2.75, 3.05) is 24.5 Å². The van der Waals surface area contributed by atoms with Crippen LogP contribution in [0, 0.1) is 0 Å². The van der Waals surface area contributed by atoms with E-state index in [1.807, 2.05) is 36.4 Å². The van der Waals surface area contributed by atoms with Gasteiger partial charge >= 0.3 is 0 Å². The molecule has 0 atom stereocenters. The van der Waals surface area contributed by atoms with Crippen molar-refractivity contribution in [3.63, 3.8) is 0 Å². The largest absolute Gasteiger partial charge is 0.356 e. The third-order valence-corrected chi connectivity index (χ3v) is 6.77. The van der Waals surface area contributed by atoms with Gasteiger partial charge in [-0.1, -0.05) is 12.1 Å². The van der Waals surface area contributed by atoms with Crippen molar-refractivity contribution < 1.29 is 0 Å². The van der Waals surface area contributed by atoms with Crippen molar-refractivity contribution in [1.29, 1.82) is 0 Å². The Morgan fingerprint density at radius 3 is 2.81 bits per heavy atom. The van der Waals surface area contributed by atoms with Crippen LogP contribution in [0.2, 0.25) is 0 Å². The fourth-order valence-electron chi connectivity index (χ4n) is 4.87. The molecular formula is C23H25N9. The summed E-state index contributed by atoms with van der Waals surface area (Å²) in [6, 6.07) is 8.27. The number of hydrogen-bond acceptors (Lipinski definition) is 6. The molecule has 0 unspecified atom stereocenters. The van der Waals surface area contributed by atoms with Crippen molar-refractivity contribution in [2.24, 2.45) is 12.8 Å². The number of imidazole rings is 1. The number of para-hydroxylation sites is 1. The molecule has 4 aromatic heterocycles. The zero-order valence-corrected chi connectivity index (χ0v) is 17.9. The minimum absolute atomic E-state index is 0.188. The maximum absolute atomic E-state index is 6.38. The lowest BCUT2D eigenvalue weighted by Gasteiger charge is -2.40. The van der Waals surface area contributed by atoms with Crippen molar-refractivity contribution >= 4 is 27.9 Å². The zero-order valence-electron chi connectivity index (χ0n) is 17.9. The normalized spacial score (nSPS) is 16.2. The first-order valence-corrected chi connectivity index (χ1v) is 10.9. The van der Waals surface area contributed by atoms with Gasteiger partial charge in [-0.2, -0.15) is 5.10 Å². The van der Waals surface area contributed by atoms with Gasteiger partial charge in [0.15, 0.2) is 0 Å². The predicted molar refractivity (Wildman–Crippen MR) is 124 cm³/mol. The van der Waals surface area contributed by atoms with E-state index in [2.05, 4.69) is 48.1 Å². The standard InChI is InChI=1S/C23H25N9/c1-31-12-15(11-28-31)16-3-2-4-18-19(16)30-22(29-18)23(13-24)6-9-32(10-7-23)21-17-5-8-25-20(17)26-14-27-21/h2-5,8,11-12,14H,6-7,9-10,13,24H2,1H3,(H,29,30)(H,25,26,27). The molecule has 5 heterocycles. The molecule has 1 aromatic carbocycles. The Morgan fingerprint density at radius 1 is 1.16 bits per heavy atom. The van der Waals surface area contributed by atoms with Crippen molar-refractivity contribution in [2.45, 2.75) is 18.3 Å². The lowest BCUT2D eigenvalue weighted by Crippen LogP contribution is -2.47.